The van der Waals surface area contributed by atoms with E-state index in [1.165, 1.54) is 0 Å². The minimum absolute atomic E-state index is 0.482. The van der Waals surface area contributed by atoms with Crippen molar-refractivity contribution in [1.82, 2.24) is 5.32 Å². The molecule has 0 aliphatic carbocycles. The summed E-state index contributed by atoms with van der Waals surface area (Å²) in [6.45, 7) is 1.40. The molecule has 0 atom stereocenters. The Hall–Kier alpha value is -1.29. The fourth-order valence-electron chi connectivity index (χ4n) is 2.26. The largest absolute Gasteiger partial charge is 0.497 e. The molecule has 1 aliphatic heterocycles. The van der Waals surface area contributed by atoms with Crippen molar-refractivity contribution in [3.63, 3.8) is 0 Å². The number of halogens is 1. The molecule has 1 fully saturated rings. The summed E-state index contributed by atoms with van der Waals surface area (Å²) in [7, 11) is 3.15. The van der Waals surface area contributed by atoms with Gasteiger partial charge >= 0.3 is 0 Å². The SMILES string of the molecule is COc1ccc(C2(F)CCNCC2)c(OC)c1. The fourth-order valence-corrected chi connectivity index (χ4v) is 2.26. The topological polar surface area (TPSA) is 30.5 Å². The summed E-state index contributed by atoms with van der Waals surface area (Å²) in [6.07, 6.45) is 0.964. The van der Waals surface area contributed by atoms with Crippen LogP contribution in [0.1, 0.15) is 18.4 Å². The Bertz CT molecular complexity index is 389. The lowest BCUT2D eigenvalue weighted by Crippen LogP contribution is -2.36. The average Bonchev–Trinajstić information content (AvgIpc) is 2.38. The van der Waals surface area contributed by atoms with E-state index in [1.54, 1.807) is 32.4 Å². The van der Waals surface area contributed by atoms with E-state index in [-0.39, 0.29) is 0 Å². The molecule has 4 heteroatoms. The van der Waals surface area contributed by atoms with Gasteiger partial charge in [0.05, 0.1) is 14.2 Å². The van der Waals surface area contributed by atoms with Crippen LogP contribution in [0.2, 0.25) is 0 Å². The summed E-state index contributed by atoms with van der Waals surface area (Å²) in [5, 5.41) is 3.16. The minimum Gasteiger partial charge on any atom is -0.497 e. The zero-order valence-corrected chi connectivity index (χ0v) is 10.3. The molecule has 0 unspecified atom stereocenters. The van der Waals surface area contributed by atoms with Crippen molar-refractivity contribution in [3.05, 3.63) is 23.8 Å². The van der Waals surface area contributed by atoms with Crippen molar-refractivity contribution in [2.45, 2.75) is 18.5 Å². The van der Waals surface area contributed by atoms with E-state index in [0.29, 0.717) is 43.0 Å². The predicted octanol–water partition coefficient (Wildman–Crippen LogP) is 2.25. The molecule has 0 saturated carbocycles. The molecule has 2 rings (SSSR count). The lowest BCUT2D eigenvalue weighted by molar-refractivity contribution is 0.111. The van der Waals surface area contributed by atoms with Gasteiger partial charge in [-0.3, -0.25) is 0 Å². The number of piperidine rings is 1. The van der Waals surface area contributed by atoms with E-state index in [4.69, 9.17) is 9.47 Å². The van der Waals surface area contributed by atoms with Crippen molar-refractivity contribution in [2.75, 3.05) is 27.3 Å². The van der Waals surface area contributed by atoms with Crippen molar-refractivity contribution in [3.8, 4) is 11.5 Å². The highest BCUT2D eigenvalue weighted by Gasteiger charge is 2.36. The Morgan fingerprint density at radius 1 is 1.18 bits per heavy atom. The van der Waals surface area contributed by atoms with Crippen molar-refractivity contribution >= 4 is 0 Å². The quantitative estimate of drug-likeness (QED) is 0.877. The first-order chi connectivity index (χ1) is 8.19. The lowest BCUT2D eigenvalue weighted by Gasteiger charge is -2.31. The van der Waals surface area contributed by atoms with Crippen LogP contribution in [0.5, 0.6) is 11.5 Å². The maximum Gasteiger partial charge on any atom is 0.142 e. The Morgan fingerprint density at radius 2 is 1.88 bits per heavy atom. The zero-order chi connectivity index (χ0) is 12.3. The Kier molecular flexibility index (Phi) is 3.52. The molecule has 1 aromatic rings. The molecule has 17 heavy (non-hydrogen) atoms. The van der Waals surface area contributed by atoms with Gasteiger partial charge in [0.25, 0.3) is 0 Å². The van der Waals surface area contributed by atoms with Gasteiger partial charge in [-0.25, -0.2) is 4.39 Å². The van der Waals surface area contributed by atoms with Gasteiger partial charge in [-0.05, 0) is 38.1 Å². The third kappa shape index (κ3) is 2.36. The molecule has 0 radical (unpaired) electrons. The number of hydrogen-bond donors (Lipinski definition) is 1. The molecular weight excluding hydrogens is 221 g/mol. The second kappa shape index (κ2) is 4.92. The number of hydrogen-bond acceptors (Lipinski definition) is 3. The molecule has 1 heterocycles. The molecule has 0 spiro atoms. The molecular formula is C13H18FNO2. The standard InChI is InChI=1S/C13H18FNO2/c1-16-10-3-4-11(12(9-10)17-2)13(14)5-7-15-8-6-13/h3-4,9,15H,5-8H2,1-2H3. The molecule has 94 valence electrons. The minimum atomic E-state index is -1.29. The fraction of sp³-hybridized carbons (Fsp3) is 0.538. The Morgan fingerprint density at radius 3 is 2.47 bits per heavy atom. The number of nitrogens with one attached hydrogen (secondary N) is 1. The van der Waals surface area contributed by atoms with Gasteiger partial charge in [-0.1, -0.05) is 0 Å². The first-order valence-electron chi connectivity index (χ1n) is 5.82. The van der Waals surface area contributed by atoms with E-state index < -0.39 is 5.67 Å². The van der Waals surface area contributed by atoms with Crippen LogP contribution in [0.4, 0.5) is 4.39 Å². The second-order valence-electron chi connectivity index (χ2n) is 4.28. The first-order valence-corrected chi connectivity index (χ1v) is 5.82. The molecule has 3 nitrogen and oxygen atoms in total. The normalized spacial score (nSPS) is 18.8. The summed E-state index contributed by atoms with van der Waals surface area (Å²) in [4.78, 5) is 0. The monoisotopic (exact) mass is 239 g/mol. The highest BCUT2D eigenvalue weighted by atomic mass is 19.1. The van der Waals surface area contributed by atoms with E-state index in [2.05, 4.69) is 5.32 Å². The number of methoxy groups -OCH3 is 2. The van der Waals surface area contributed by atoms with Crippen LogP contribution in [0.25, 0.3) is 0 Å². The molecule has 1 N–H and O–H groups in total. The summed E-state index contributed by atoms with van der Waals surface area (Å²) in [5.74, 6) is 1.25. The third-order valence-electron chi connectivity index (χ3n) is 3.29. The van der Waals surface area contributed by atoms with Crippen molar-refractivity contribution < 1.29 is 13.9 Å². The number of benzene rings is 1. The molecule has 0 amide bonds. The highest BCUT2D eigenvalue weighted by molar-refractivity contribution is 5.44. The Balaban J connectivity index is 2.36. The summed E-state index contributed by atoms with van der Waals surface area (Å²) in [5.41, 5.74) is -0.662. The van der Waals surface area contributed by atoms with E-state index in [1.807, 2.05) is 0 Å². The number of rotatable bonds is 3. The maximum atomic E-state index is 14.8. The van der Waals surface area contributed by atoms with E-state index in [0.717, 1.165) is 0 Å². The summed E-state index contributed by atoms with van der Waals surface area (Å²) in [6, 6.07) is 5.28. The lowest BCUT2D eigenvalue weighted by atomic mass is 9.86. The maximum absolute atomic E-state index is 14.8. The highest BCUT2D eigenvalue weighted by Crippen LogP contribution is 2.41. The predicted molar refractivity (Wildman–Crippen MR) is 64.4 cm³/mol. The Labute approximate surface area is 101 Å². The average molecular weight is 239 g/mol. The van der Waals surface area contributed by atoms with Gasteiger partial charge in [0, 0.05) is 11.6 Å². The van der Waals surface area contributed by atoms with Crippen LogP contribution in [-0.2, 0) is 5.67 Å². The smallest absolute Gasteiger partial charge is 0.142 e. The molecule has 0 aromatic heterocycles. The van der Waals surface area contributed by atoms with Crippen LogP contribution < -0.4 is 14.8 Å². The van der Waals surface area contributed by atoms with Crippen LogP contribution in [0, 0.1) is 0 Å². The third-order valence-corrected chi connectivity index (χ3v) is 3.29. The van der Waals surface area contributed by atoms with Crippen molar-refractivity contribution in [2.24, 2.45) is 0 Å². The molecule has 1 aliphatic rings. The van der Waals surface area contributed by atoms with Gasteiger partial charge in [-0.15, -0.1) is 0 Å². The molecule has 0 bridgehead atoms. The van der Waals surface area contributed by atoms with Gasteiger partial charge in [-0.2, -0.15) is 0 Å². The van der Waals surface area contributed by atoms with Crippen LogP contribution in [0.3, 0.4) is 0 Å². The van der Waals surface area contributed by atoms with Crippen LogP contribution >= 0.6 is 0 Å². The zero-order valence-electron chi connectivity index (χ0n) is 10.3. The summed E-state index contributed by atoms with van der Waals surface area (Å²) < 4.78 is 25.2. The number of ether oxygens (including phenoxy) is 2. The number of alkyl halides is 1. The van der Waals surface area contributed by atoms with Crippen molar-refractivity contribution in [1.29, 1.82) is 0 Å². The van der Waals surface area contributed by atoms with Gasteiger partial charge in [0.1, 0.15) is 17.2 Å². The molecule has 1 saturated heterocycles. The van der Waals surface area contributed by atoms with Gasteiger partial charge in [0.15, 0.2) is 0 Å². The van der Waals surface area contributed by atoms with Crippen LogP contribution in [-0.4, -0.2) is 27.3 Å². The van der Waals surface area contributed by atoms with E-state index in [9.17, 15) is 4.39 Å². The summed E-state index contributed by atoms with van der Waals surface area (Å²) >= 11 is 0. The van der Waals surface area contributed by atoms with Gasteiger partial charge < -0.3 is 14.8 Å². The first kappa shape index (κ1) is 12.2. The molecule has 1 aromatic carbocycles. The van der Waals surface area contributed by atoms with Crippen LogP contribution in [0.15, 0.2) is 18.2 Å². The van der Waals surface area contributed by atoms with E-state index >= 15 is 0 Å². The second-order valence-corrected chi connectivity index (χ2v) is 4.28. The van der Waals surface area contributed by atoms with Gasteiger partial charge in [0.2, 0.25) is 0 Å².